The summed E-state index contributed by atoms with van der Waals surface area (Å²) in [7, 11) is 0. The maximum atomic E-state index is 10.1. The van der Waals surface area contributed by atoms with Gasteiger partial charge in [0.2, 0.25) is 0 Å². The number of benzene rings is 1. The van der Waals surface area contributed by atoms with Crippen LogP contribution in [0.3, 0.4) is 0 Å². The van der Waals surface area contributed by atoms with E-state index in [1.165, 1.54) is 5.56 Å². The second kappa shape index (κ2) is 11.3. The Balaban J connectivity index is 1.32. The third-order valence-electron chi connectivity index (χ3n) is 8.56. The average molecular weight is 559 g/mol. The maximum absolute atomic E-state index is 10.1. The van der Waals surface area contributed by atoms with E-state index in [1.54, 1.807) is 12.3 Å². The van der Waals surface area contributed by atoms with Crippen molar-refractivity contribution in [2.24, 2.45) is 0 Å². The highest BCUT2D eigenvalue weighted by Crippen LogP contribution is 2.43. The number of aliphatic hydroxyl groups is 1. The number of anilines is 1. The molecule has 0 unspecified atom stereocenters. The number of fused-ring (bicyclic) bond motifs is 2. The number of halogens is 1. The van der Waals surface area contributed by atoms with E-state index in [9.17, 15) is 10.4 Å². The molecule has 5 heterocycles. The Morgan fingerprint density at radius 3 is 2.80 bits per heavy atom. The number of hydrogen-bond acceptors (Lipinski definition) is 8. The van der Waals surface area contributed by atoms with Crippen molar-refractivity contribution in [3.8, 4) is 23.1 Å². The molecule has 3 aromatic rings. The van der Waals surface area contributed by atoms with E-state index in [4.69, 9.17) is 21.3 Å². The number of ether oxygens (including phenoxy) is 1. The van der Waals surface area contributed by atoms with E-state index in [1.807, 2.05) is 25.1 Å². The number of para-hydroxylation sites is 1. The van der Waals surface area contributed by atoms with Gasteiger partial charge in [0, 0.05) is 62.5 Å². The average Bonchev–Trinajstić information content (AvgIpc) is 3.38. The zero-order valence-corrected chi connectivity index (χ0v) is 23.6. The fourth-order valence-corrected chi connectivity index (χ4v) is 6.87. The SMILES string of the molecule is CCOc1ccccc1-c1ccc2c(n1)CN(C[C@H]1C[C@H](O)CN1)CC21CCN(c2ncc(Cl)cc2C#N)CC1. The van der Waals surface area contributed by atoms with Gasteiger partial charge < -0.3 is 20.1 Å². The van der Waals surface area contributed by atoms with Crippen LogP contribution in [-0.2, 0) is 12.0 Å². The predicted octanol–water partition coefficient (Wildman–Crippen LogP) is 4.14. The van der Waals surface area contributed by atoms with Gasteiger partial charge in [0.25, 0.3) is 0 Å². The number of nitriles is 1. The Morgan fingerprint density at radius 1 is 1.23 bits per heavy atom. The van der Waals surface area contributed by atoms with Crippen LogP contribution in [0, 0.1) is 11.3 Å². The monoisotopic (exact) mass is 558 g/mol. The smallest absolute Gasteiger partial charge is 0.146 e. The number of hydrogen-bond donors (Lipinski definition) is 2. The summed E-state index contributed by atoms with van der Waals surface area (Å²) < 4.78 is 5.92. The number of β-amino-alcohol motifs (C(OH)–C–C–N with tert-alkyl or cyclic N) is 1. The molecule has 0 radical (unpaired) electrons. The Bertz CT molecular complexity index is 1420. The van der Waals surface area contributed by atoms with Gasteiger partial charge in [-0.1, -0.05) is 29.8 Å². The lowest BCUT2D eigenvalue weighted by Gasteiger charge is -2.49. The summed E-state index contributed by atoms with van der Waals surface area (Å²) in [5, 5.41) is 23.8. The van der Waals surface area contributed by atoms with Gasteiger partial charge >= 0.3 is 0 Å². The van der Waals surface area contributed by atoms with Crippen LogP contribution in [0.1, 0.15) is 43.0 Å². The van der Waals surface area contributed by atoms with Gasteiger partial charge in [-0.3, -0.25) is 9.88 Å². The molecule has 0 bridgehead atoms. The van der Waals surface area contributed by atoms with Gasteiger partial charge in [-0.25, -0.2) is 4.98 Å². The van der Waals surface area contributed by atoms with Crippen LogP contribution in [-0.4, -0.2) is 71.5 Å². The van der Waals surface area contributed by atoms with Gasteiger partial charge in [0.1, 0.15) is 17.6 Å². The minimum atomic E-state index is -0.278. The third-order valence-corrected chi connectivity index (χ3v) is 8.77. The molecule has 1 aromatic carbocycles. The number of aliphatic hydroxyl groups excluding tert-OH is 1. The van der Waals surface area contributed by atoms with Crippen molar-refractivity contribution in [2.75, 3.05) is 44.2 Å². The Kier molecular flexibility index (Phi) is 7.65. The molecule has 3 aliphatic rings. The first-order valence-electron chi connectivity index (χ1n) is 14.1. The molecule has 1 spiro atoms. The van der Waals surface area contributed by atoms with Gasteiger partial charge in [0.15, 0.2) is 0 Å². The molecule has 0 amide bonds. The first-order valence-corrected chi connectivity index (χ1v) is 14.5. The van der Waals surface area contributed by atoms with Crippen LogP contribution >= 0.6 is 11.6 Å². The molecule has 9 heteroatoms. The van der Waals surface area contributed by atoms with E-state index >= 15 is 0 Å². The van der Waals surface area contributed by atoms with Crippen molar-refractivity contribution in [3.05, 3.63) is 70.5 Å². The topological polar surface area (TPSA) is 97.5 Å². The summed E-state index contributed by atoms with van der Waals surface area (Å²) in [5.41, 5.74) is 4.84. The number of aromatic nitrogens is 2. The summed E-state index contributed by atoms with van der Waals surface area (Å²) in [4.78, 5) is 14.5. The lowest BCUT2D eigenvalue weighted by Crippen LogP contribution is -2.54. The van der Waals surface area contributed by atoms with Gasteiger partial charge in [-0.15, -0.1) is 0 Å². The van der Waals surface area contributed by atoms with E-state index in [2.05, 4.69) is 44.4 Å². The van der Waals surface area contributed by atoms with Crippen molar-refractivity contribution >= 4 is 17.4 Å². The summed E-state index contributed by atoms with van der Waals surface area (Å²) in [5.74, 6) is 1.56. The molecule has 208 valence electrons. The summed E-state index contributed by atoms with van der Waals surface area (Å²) >= 11 is 6.11. The van der Waals surface area contributed by atoms with E-state index in [-0.39, 0.29) is 17.6 Å². The van der Waals surface area contributed by atoms with Crippen LogP contribution in [0.4, 0.5) is 5.82 Å². The lowest BCUT2D eigenvalue weighted by molar-refractivity contribution is 0.135. The minimum absolute atomic E-state index is 0.0501. The number of nitrogens with one attached hydrogen (secondary N) is 1. The predicted molar refractivity (Wildman–Crippen MR) is 156 cm³/mol. The van der Waals surface area contributed by atoms with Crippen molar-refractivity contribution in [2.45, 2.75) is 50.3 Å². The fraction of sp³-hybridized carbons (Fsp3) is 0.452. The minimum Gasteiger partial charge on any atom is -0.493 e. The fourth-order valence-electron chi connectivity index (χ4n) is 6.71. The normalized spacial score (nSPS) is 22.2. The molecule has 8 nitrogen and oxygen atoms in total. The van der Waals surface area contributed by atoms with E-state index in [0.717, 1.165) is 74.7 Å². The summed E-state index contributed by atoms with van der Waals surface area (Å²) in [6.07, 6.45) is 3.99. The highest BCUT2D eigenvalue weighted by molar-refractivity contribution is 6.30. The lowest BCUT2D eigenvalue weighted by atomic mass is 9.69. The van der Waals surface area contributed by atoms with Gasteiger partial charge in [-0.2, -0.15) is 5.26 Å². The molecule has 2 atom stereocenters. The molecule has 2 saturated heterocycles. The molecule has 6 rings (SSSR count). The Morgan fingerprint density at radius 2 is 2.05 bits per heavy atom. The Hall–Kier alpha value is -3.22. The summed E-state index contributed by atoms with van der Waals surface area (Å²) in [6.45, 7) is 7.44. The van der Waals surface area contributed by atoms with Crippen LogP contribution in [0.5, 0.6) is 5.75 Å². The molecule has 0 aliphatic carbocycles. The molecular formula is C31H35ClN6O2. The van der Waals surface area contributed by atoms with Crippen molar-refractivity contribution in [1.82, 2.24) is 20.2 Å². The molecular weight excluding hydrogens is 524 g/mol. The van der Waals surface area contributed by atoms with E-state index in [0.29, 0.717) is 29.6 Å². The number of pyridine rings is 2. The largest absolute Gasteiger partial charge is 0.493 e. The first-order chi connectivity index (χ1) is 19.5. The van der Waals surface area contributed by atoms with Crippen molar-refractivity contribution < 1.29 is 9.84 Å². The van der Waals surface area contributed by atoms with Crippen molar-refractivity contribution in [3.63, 3.8) is 0 Å². The Labute approximate surface area is 240 Å². The molecule has 0 saturated carbocycles. The van der Waals surface area contributed by atoms with E-state index < -0.39 is 0 Å². The van der Waals surface area contributed by atoms with Gasteiger partial charge in [0.05, 0.1) is 34.7 Å². The van der Waals surface area contributed by atoms with Crippen LogP contribution in [0.25, 0.3) is 11.3 Å². The molecule has 3 aliphatic heterocycles. The third kappa shape index (κ3) is 5.27. The highest BCUT2D eigenvalue weighted by atomic mass is 35.5. The first kappa shape index (κ1) is 27.0. The van der Waals surface area contributed by atoms with Gasteiger partial charge in [-0.05, 0) is 56.0 Å². The number of rotatable bonds is 6. The maximum Gasteiger partial charge on any atom is 0.146 e. The van der Waals surface area contributed by atoms with Crippen LogP contribution in [0.15, 0.2) is 48.7 Å². The molecule has 2 aromatic heterocycles. The number of piperidine rings is 1. The molecule has 40 heavy (non-hydrogen) atoms. The number of nitrogens with zero attached hydrogens (tertiary/aromatic N) is 5. The second-order valence-electron chi connectivity index (χ2n) is 11.2. The molecule has 2 N–H and O–H groups in total. The second-order valence-corrected chi connectivity index (χ2v) is 11.6. The van der Waals surface area contributed by atoms with Crippen LogP contribution < -0.4 is 15.0 Å². The highest BCUT2D eigenvalue weighted by Gasteiger charge is 2.44. The van der Waals surface area contributed by atoms with Crippen LogP contribution in [0.2, 0.25) is 5.02 Å². The standard InChI is InChI=1S/C31H35ClN6O2/c1-2-40-29-6-4-3-5-25(29)27-8-7-26-28(36-27)19-37(18-23-14-24(39)17-34-23)20-31(26)9-11-38(12-10-31)30-21(15-33)13-22(32)16-35-30/h3-8,13,16,23-24,34,39H,2,9-12,14,17-20H2,1H3/t23-,24+/m1/s1. The zero-order chi connectivity index (χ0) is 27.7. The summed E-state index contributed by atoms with van der Waals surface area (Å²) in [6, 6.07) is 16.8. The van der Waals surface area contributed by atoms with Crippen molar-refractivity contribution in [1.29, 1.82) is 5.26 Å². The quantitative estimate of drug-likeness (QED) is 0.466. The molecule has 2 fully saturated rings. The zero-order valence-electron chi connectivity index (χ0n) is 22.8.